The lowest BCUT2D eigenvalue weighted by molar-refractivity contribution is 0.125. The normalized spacial score (nSPS) is 17.7. The van der Waals surface area contributed by atoms with Crippen LogP contribution in [0.5, 0.6) is 0 Å². The van der Waals surface area contributed by atoms with Crippen molar-refractivity contribution in [1.82, 2.24) is 14.9 Å². The summed E-state index contributed by atoms with van der Waals surface area (Å²) in [6.45, 7) is 6.77. The Labute approximate surface area is 124 Å². The average Bonchev–Trinajstić information content (AvgIpc) is 2.75. The van der Waals surface area contributed by atoms with E-state index < -0.39 is 0 Å². The molecule has 6 nitrogen and oxygen atoms in total. The third kappa shape index (κ3) is 2.73. The second-order valence-electron chi connectivity index (χ2n) is 5.89. The molecule has 114 valence electrons. The van der Waals surface area contributed by atoms with Gasteiger partial charge in [0, 0.05) is 12.2 Å². The van der Waals surface area contributed by atoms with Crippen LogP contribution in [0.15, 0.2) is 4.42 Å². The summed E-state index contributed by atoms with van der Waals surface area (Å²) >= 11 is 0. The van der Waals surface area contributed by atoms with Crippen LogP contribution in [0.2, 0.25) is 0 Å². The van der Waals surface area contributed by atoms with Crippen molar-refractivity contribution < 1.29 is 9.52 Å². The van der Waals surface area contributed by atoms with Crippen molar-refractivity contribution >= 4 is 16.9 Å². The highest BCUT2D eigenvalue weighted by molar-refractivity contribution is 5.88. The second kappa shape index (κ2) is 5.61. The number of likely N-dealkylation sites (tertiary alicyclic amines) is 1. The molecule has 21 heavy (non-hydrogen) atoms. The molecule has 3 N–H and O–H groups in total. The molecule has 0 radical (unpaired) electrons. The predicted octanol–water partition coefficient (Wildman–Crippen LogP) is 1.63. The van der Waals surface area contributed by atoms with E-state index in [4.69, 9.17) is 10.2 Å². The molecule has 0 spiro atoms. The monoisotopic (exact) mass is 290 g/mol. The summed E-state index contributed by atoms with van der Waals surface area (Å²) in [6, 6.07) is 0. The molecule has 0 bridgehead atoms. The fourth-order valence-corrected chi connectivity index (χ4v) is 2.92. The SMILES string of the molecule is Cc1oc2nc(CN3CCC(CO)CC3)nc(N)c2c1C. The van der Waals surface area contributed by atoms with Gasteiger partial charge in [0.15, 0.2) is 0 Å². The number of nitrogen functional groups attached to an aromatic ring is 1. The first kappa shape index (κ1) is 14.3. The Morgan fingerprint density at radius 3 is 2.67 bits per heavy atom. The summed E-state index contributed by atoms with van der Waals surface area (Å²) in [7, 11) is 0. The van der Waals surface area contributed by atoms with Crippen LogP contribution < -0.4 is 5.73 Å². The summed E-state index contributed by atoms with van der Waals surface area (Å²) in [5.41, 5.74) is 7.65. The van der Waals surface area contributed by atoms with E-state index >= 15 is 0 Å². The van der Waals surface area contributed by atoms with Gasteiger partial charge in [0.25, 0.3) is 0 Å². The standard InChI is InChI=1S/C15H22N4O2/c1-9-10(2)21-15-13(9)14(16)17-12(18-15)7-19-5-3-11(8-20)4-6-19/h11,20H,3-8H2,1-2H3,(H2,16,17,18). The number of fused-ring (bicyclic) bond motifs is 1. The molecule has 2 aromatic rings. The maximum atomic E-state index is 9.18. The maximum Gasteiger partial charge on any atom is 0.231 e. The fraction of sp³-hybridized carbons (Fsp3) is 0.600. The molecule has 3 rings (SSSR count). The van der Waals surface area contributed by atoms with Gasteiger partial charge in [0.2, 0.25) is 5.71 Å². The lowest BCUT2D eigenvalue weighted by Gasteiger charge is -2.30. The zero-order valence-electron chi connectivity index (χ0n) is 12.6. The van der Waals surface area contributed by atoms with Gasteiger partial charge in [-0.3, -0.25) is 4.90 Å². The second-order valence-corrected chi connectivity index (χ2v) is 5.89. The number of aryl methyl sites for hydroxylation is 2. The topological polar surface area (TPSA) is 88.4 Å². The summed E-state index contributed by atoms with van der Waals surface area (Å²) in [6.07, 6.45) is 2.04. The number of aromatic nitrogens is 2. The molecule has 0 amide bonds. The molecular weight excluding hydrogens is 268 g/mol. The van der Waals surface area contributed by atoms with E-state index in [9.17, 15) is 5.11 Å². The number of aliphatic hydroxyl groups excluding tert-OH is 1. The van der Waals surface area contributed by atoms with Crippen molar-refractivity contribution in [3.63, 3.8) is 0 Å². The third-order valence-electron chi connectivity index (χ3n) is 4.43. The molecular formula is C15H22N4O2. The number of anilines is 1. The van der Waals surface area contributed by atoms with Crippen LogP contribution in [0.25, 0.3) is 11.1 Å². The van der Waals surface area contributed by atoms with Crippen molar-refractivity contribution in [3.8, 4) is 0 Å². The van der Waals surface area contributed by atoms with Gasteiger partial charge < -0.3 is 15.3 Å². The number of furan rings is 1. The molecule has 6 heteroatoms. The molecule has 3 heterocycles. The van der Waals surface area contributed by atoms with Crippen LogP contribution in [-0.4, -0.2) is 39.7 Å². The largest absolute Gasteiger partial charge is 0.443 e. The van der Waals surface area contributed by atoms with Crippen LogP contribution in [0.1, 0.15) is 30.0 Å². The number of nitrogens with two attached hydrogens (primary N) is 1. The zero-order valence-corrected chi connectivity index (χ0v) is 12.6. The average molecular weight is 290 g/mol. The van der Waals surface area contributed by atoms with Crippen molar-refractivity contribution in [3.05, 3.63) is 17.1 Å². The molecule has 0 saturated carbocycles. The highest BCUT2D eigenvalue weighted by Gasteiger charge is 2.20. The first-order chi connectivity index (χ1) is 10.1. The lowest BCUT2D eigenvalue weighted by Crippen LogP contribution is -2.34. The highest BCUT2D eigenvalue weighted by atomic mass is 16.3. The summed E-state index contributed by atoms with van der Waals surface area (Å²) in [5, 5.41) is 10.0. The Morgan fingerprint density at radius 2 is 2.00 bits per heavy atom. The number of aliphatic hydroxyl groups is 1. The van der Waals surface area contributed by atoms with E-state index in [-0.39, 0.29) is 6.61 Å². The first-order valence-corrected chi connectivity index (χ1v) is 7.43. The molecule has 0 atom stereocenters. The molecule has 1 aliphatic rings. The van der Waals surface area contributed by atoms with Gasteiger partial charge in [-0.15, -0.1) is 0 Å². The van der Waals surface area contributed by atoms with E-state index in [1.54, 1.807) is 0 Å². The Hall–Kier alpha value is -1.66. The summed E-state index contributed by atoms with van der Waals surface area (Å²) in [4.78, 5) is 11.2. The van der Waals surface area contributed by atoms with Crippen LogP contribution in [0.3, 0.4) is 0 Å². The number of hydrogen-bond acceptors (Lipinski definition) is 6. The third-order valence-corrected chi connectivity index (χ3v) is 4.43. The smallest absolute Gasteiger partial charge is 0.231 e. The molecule has 0 aliphatic carbocycles. The van der Waals surface area contributed by atoms with Crippen molar-refractivity contribution in [1.29, 1.82) is 0 Å². The van der Waals surface area contributed by atoms with Crippen LogP contribution in [-0.2, 0) is 6.54 Å². The van der Waals surface area contributed by atoms with Crippen molar-refractivity contribution in [2.24, 2.45) is 5.92 Å². The molecule has 1 aliphatic heterocycles. The Balaban J connectivity index is 1.79. The summed E-state index contributed by atoms with van der Waals surface area (Å²) < 4.78 is 5.66. The minimum Gasteiger partial charge on any atom is -0.443 e. The van der Waals surface area contributed by atoms with Crippen molar-refractivity contribution in [2.75, 3.05) is 25.4 Å². The maximum absolute atomic E-state index is 9.18. The minimum absolute atomic E-state index is 0.286. The van der Waals surface area contributed by atoms with Gasteiger partial charge in [0.05, 0.1) is 11.9 Å². The lowest BCUT2D eigenvalue weighted by atomic mass is 9.98. The Morgan fingerprint density at radius 1 is 1.29 bits per heavy atom. The fourth-order valence-electron chi connectivity index (χ4n) is 2.92. The van der Waals surface area contributed by atoms with Gasteiger partial charge in [-0.25, -0.2) is 4.98 Å². The number of rotatable bonds is 3. The van der Waals surface area contributed by atoms with E-state index in [1.807, 2.05) is 13.8 Å². The highest BCUT2D eigenvalue weighted by Crippen LogP contribution is 2.27. The predicted molar refractivity (Wildman–Crippen MR) is 80.8 cm³/mol. The van der Waals surface area contributed by atoms with Gasteiger partial charge in [0.1, 0.15) is 17.4 Å². The van der Waals surface area contributed by atoms with Gasteiger partial charge in [-0.2, -0.15) is 4.98 Å². The van der Waals surface area contributed by atoms with E-state index in [2.05, 4.69) is 14.9 Å². The first-order valence-electron chi connectivity index (χ1n) is 7.43. The molecule has 0 unspecified atom stereocenters. The summed E-state index contributed by atoms with van der Waals surface area (Å²) in [5.74, 6) is 2.47. The quantitative estimate of drug-likeness (QED) is 0.893. The van der Waals surface area contributed by atoms with Crippen LogP contribution in [0, 0.1) is 19.8 Å². The number of hydrogen-bond donors (Lipinski definition) is 2. The molecule has 1 fully saturated rings. The van der Waals surface area contributed by atoms with Crippen LogP contribution >= 0.6 is 0 Å². The zero-order chi connectivity index (χ0) is 15.0. The van der Waals surface area contributed by atoms with E-state index in [1.165, 1.54) is 0 Å². The van der Waals surface area contributed by atoms with Gasteiger partial charge in [-0.1, -0.05) is 0 Å². The van der Waals surface area contributed by atoms with Gasteiger partial charge >= 0.3 is 0 Å². The van der Waals surface area contributed by atoms with E-state index in [0.29, 0.717) is 29.8 Å². The van der Waals surface area contributed by atoms with Gasteiger partial charge in [-0.05, 0) is 45.7 Å². The molecule has 1 saturated heterocycles. The number of nitrogens with zero attached hydrogens (tertiary/aromatic N) is 3. The Bertz CT molecular complexity index is 645. The molecule has 0 aromatic carbocycles. The number of piperidine rings is 1. The Kier molecular flexibility index (Phi) is 3.82. The van der Waals surface area contributed by atoms with E-state index in [0.717, 1.165) is 42.6 Å². The van der Waals surface area contributed by atoms with Crippen LogP contribution in [0.4, 0.5) is 5.82 Å². The van der Waals surface area contributed by atoms with Crippen molar-refractivity contribution in [2.45, 2.75) is 33.2 Å². The minimum atomic E-state index is 0.286. The molecule has 2 aromatic heterocycles.